The zero-order valence-corrected chi connectivity index (χ0v) is 59.7. The van der Waals surface area contributed by atoms with E-state index >= 15 is 0 Å². The Labute approximate surface area is 551 Å². The second-order valence-electron chi connectivity index (χ2n) is 27.7. The standard InChI is InChI=1S/C82H157NO5/c1-3-5-7-9-11-13-15-17-19-20-45-48-52-56-60-64-68-72-76-82(87)88-77-73-69-65-61-57-53-49-46-43-41-39-37-35-33-31-29-27-25-23-21-22-24-26-28-30-32-34-36-38-40-42-44-47-51-55-59-63-67-71-75-81(86)83-79(78-84)80(85)74-70-66-62-58-54-50-18-16-14-12-10-8-6-4-2/h13,15,19-22,79-80,84-85H,3-12,14,16-18,23-78H2,1-2H3,(H,83,86)/b15-13-,20-19-,22-21-. The second kappa shape index (κ2) is 77.5. The van der Waals surface area contributed by atoms with E-state index in [1.807, 2.05) is 0 Å². The number of carbonyl (C=O) groups is 2. The van der Waals surface area contributed by atoms with Crippen molar-refractivity contribution >= 4 is 11.9 Å². The fraction of sp³-hybridized carbons (Fsp3) is 0.902. The largest absolute Gasteiger partial charge is 0.466 e. The van der Waals surface area contributed by atoms with Gasteiger partial charge in [-0.1, -0.05) is 391 Å². The minimum atomic E-state index is -0.661. The zero-order valence-electron chi connectivity index (χ0n) is 59.7. The maximum atomic E-state index is 12.5. The molecule has 1 amide bonds. The van der Waals surface area contributed by atoms with Crippen molar-refractivity contribution < 1.29 is 24.5 Å². The van der Waals surface area contributed by atoms with Gasteiger partial charge in [-0.3, -0.25) is 9.59 Å². The molecule has 2 unspecified atom stereocenters. The molecular formula is C82H157NO5. The van der Waals surface area contributed by atoms with Crippen LogP contribution in [0.3, 0.4) is 0 Å². The molecule has 0 spiro atoms. The van der Waals surface area contributed by atoms with Gasteiger partial charge in [-0.25, -0.2) is 0 Å². The van der Waals surface area contributed by atoms with Crippen LogP contribution in [0.25, 0.3) is 0 Å². The van der Waals surface area contributed by atoms with Gasteiger partial charge in [-0.05, 0) is 83.5 Å². The van der Waals surface area contributed by atoms with Gasteiger partial charge in [0.05, 0.1) is 25.4 Å². The topological polar surface area (TPSA) is 95.9 Å². The summed E-state index contributed by atoms with van der Waals surface area (Å²) in [5, 5.41) is 23.3. The first-order valence-electron chi connectivity index (χ1n) is 40.2. The first-order valence-corrected chi connectivity index (χ1v) is 40.2. The molecule has 88 heavy (non-hydrogen) atoms. The zero-order chi connectivity index (χ0) is 63.5. The summed E-state index contributed by atoms with van der Waals surface area (Å²) in [4.78, 5) is 24.6. The lowest BCUT2D eigenvalue weighted by atomic mass is 10.0. The number of aliphatic hydroxyl groups is 2. The third kappa shape index (κ3) is 73.1. The van der Waals surface area contributed by atoms with Gasteiger partial charge in [0.1, 0.15) is 0 Å². The highest BCUT2D eigenvalue weighted by atomic mass is 16.5. The minimum absolute atomic E-state index is 0.0157. The fourth-order valence-corrected chi connectivity index (χ4v) is 12.8. The van der Waals surface area contributed by atoms with Crippen LogP contribution < -0.4 is 5.32 Å². The van der Waals surface area contributed by atoms with Gasteiger partial charge in [-0.15, -0.1) is 0 Å². The van der Waals surface area contributed by atoms with Crippen molar-refractivity contribution in [1.29, 1.82) is 0 Å². The van der Waals surface area contributed by atoms with Crippen LogP contribution in [0.1, 0.15) is 450 Å². The lowest BCUT2D eigenvalue weighted by Crippen LogP contribution is -2.45. The number of esters is 1. The van der Waals surface area contributed by atoms with E-state index < -0.39 is 12.1 Å². The number of hydrogen-bond donors (Lipinski definition) is 3. The van der Waals surface area contributed by atoms with E-state index in [1.165, 1.54) is 366 Å². The molecule has 0 aromatic rings. The molecule has 3 N–H and O–H groups in total. The molecule has 0 bridgehead atoms. The highest BCUT2D eigenvalue weighted by Gasteiger charge is 2.20. The van der Waals surface area contributed by atoms with E-state index in [0.29, 0.717) is 25.9 Å². The molecule has 0 saturated carbocycles. The number of carbonyl (C=O) groups excluding carboxylic acids is 2. The molecule has 0 aliphatic carbocycles. The number of hydrogen-bond acceptors (Lipinski definition) is 5. The summed E-state index contributed by atoms with van der Waals surface area (Å²) >= 11 is 0. The summed E-state index contributed by atoms with van der Waals surface area (Å²) in [6.45, 7) is 4.97. The highest BCUT2D eigenvalue weighted by Crippen LogP contribution is 2.20. The molecule has 6 nitrogen and oxygen atoms in total. The van der Waals surface area contributed by atoms with E-state index in [9.17, 15) is 19.8 Å². The van der Waals surface area contributed by atoms with Gasteiger partial charge in [-0.2, -0.15) is 0 Å². The van der Waals surface area contributed by atoms with Crippen LogP contribution in [0.2, 0.25) is 0 Å². The van der Waals surface area contributed by atoms with Crippen LogP contribution >= 0.6 is 0 Å². The number of ether oxygens (including phenoxy) is 1. The Balaban J connectivity index is 3.31. The maximum absolute atomic E-state index is 12.5. The minimum Gasteiger partial charge on any atom is -0.466 e. The van der Waals surface area contributed by atoms with Crippen molar-refractivity contribution in [2.75, 3.05) is 13.2 Å². The lowest BCUT2D eigenvalue weighted by molar-refractivity contribution is -0.143. The van der Waals surface area contributed by atoms with Crippen LogP contribution in [-0.2, 0) is 14.3 Å². The summed E-state index contributed by atoms with van der Waals surface area (Å²) in [5.41, 5.74) is 0. The van der Waals surface area contributed by atoms with Gasteiger partial charge in [0, 0.05) is 12.8 Å². The molecule has 2 atom stereocenters. The Bertz CT molecular complexity index is 1430. The molecule has 520 valence electrons. The summed E-state index contributed by atoms with van der Waals surface area (Å²) < 4.78 is 5.51. The van der Waals surface area contributed by atoms with Gasteiger partial charge in [0.2, 0.25) is 5.91 Å². The number of allylic oxidation sites excluding steroid dienone is 6. The van der Waals surface area contributed by atoms with E-state index in [2.05, 4.69) is 55.6 Å². The average molecular weight is 1240 g/mol. The van der Waals surface area contributed by atoms with Crippen molar-refractivity contribution in [1.82, 2.24) is 5.32 Å². The van der Waals surface area contributed by atoms with Crippen LogP contribution in [0.15, 0.2) is 36.5 Å². The van der Waals surface area contributed by atoms with Gasteiger partial charge in [0.25, 0.3) is 0 Å². The Morgan fingerprint density at radius 3 is 0.886 bits per heavy atom. The third-order valence-corrected chi connectivity index (χ3v) is 18.9. The van der Waals surface area contributed by atoms with Gasteiger partial charge >= 0.3 is 5.97 Å². The molecule has 0 aromatic carbocycles. The van der Waals surface area contributed by atoms with E-state index in [1.54, 1.807) is 0 Å². The monoisotopic (exact) mass is 1240 g/mol. The van der Waals surface area contributed by atoms with Crippen LogP contribution in [0, 0.1) is 0 Å². The van der Waals surface area contributed by atoms with Crippen molar-refractivity contribution in [2.45, 2.75) is 463 Å². The predicted octanol–water partition coefficient (Wildman–Crippen LogP) is 26.6. The second-order valence-corrected chi connectivity index (χ2v) is 27.7. The Morgan fingerprint density at radius 1 is 0.318 bits per heavy atom. The molecule has 0 saturated heterocycles. The summed E-state index contributed by atoms with van der Waals surface area (Å²) in [6.07, 6.45) is 101. The molecule has 0 aliphatic rings. The predicted molar refractivity (Wildman–Crippen MR) is 389 cm³/mol. The first kappa shape index (κ1) is 86.1. The van der Waals surface area contributed by atoms with E-state index in [4.69, 9.17) is 4.74 Å². The van der Waals surface area contributed by atoms with Gasteiger partial charge in [0.15, 0.2) is 0 Å². The number of amides is 1. The summed E-state index contributed by atoms with van der Waals surface area (Å²) in [5.74, 6) is -0.0120. The summed E-state index contributed by atoms with van der Waals surface area (Å²) in [6, 6.07) is -0.538. The van der Waals surface area contributed by atoms with E-state index in [0.717, 1.165) is 51.4 Å². The van der Waals surface area contributed by atoms with Crippen molar-refractivity contribution in [3.05, 3.63) is 36.5 Å². The van der Waals surface area contributed by atoms with Crippen LogP contribution in [0.4, 0.5) is 0 Å². The number of unbranched alkanes of at least 4 members (excludes halogenated alkanes) is 59. The molecule has 0 aliphatic heterocycles. The van der Waals surface area contributed by atoms with Crippen LogP contribution in [0.5, 0.6) is 0 Å². The molecule has 6 heteroatoms. The Kier molecular flexibility index (Phi) is 75.8. The number of rotatable bonds is 76. The molecule has 0 fully saturated rings. The normalized spacial score (nSPS) is 12.6. The number of nitrogens with one attached hydrogen (secondary N) is 1. The Hall–Kier alpha value is -1.92. The van der Waals surface area contributed by atoms with E-state index in [-0.39, 0.29) is 18.5 Å². The highest BCUT2D eigenvalue weighted by molar-refractivity contribution is 5.76. The quantitative estimate of drug-likeness (QED) is 0.0320. The smallest absolute Gasteiger partial charge is 0.305 e. The molecule has 0 rings (SSSR count). The third-order valence-electron chi connectivity index (χ3n) is 18.9. The maximum Gasteiger partial charge on any atom is 0.305 e. The molecule has 0 radical (unpaired) electrons. The van der Waals surface area contributed by atoms with Crippen LogP contribution in [-0.4, -0.2) is 47.4 Å². The lowest BCUT2D eigenvalue weighted by Gasteiger charge is -2.22. The molecule has 0 aromatic heterocycles. The van der Waals surface area contributed by atoms with Crippen molar-refractivity contribution in [2.24, 2.45) is 0 Å². The number of aliphatic hydroxyl groups excluding tert-OH is 2. The van der Waals surface area contributed by atoms with Gasteiger partial charge < -0.3 is 20.3 Å². The fourth-order valence-electron chi connectivity index (χ4n) is 12.8. The first-order chi connectivity index (χ1) is 43.5. The summed E-state index contributed by atoms with van der Waals surface area (Å²) in [7, 11) is 0. The van der Waals surface area contributed by atoms with Crippen molar-refractivity contribution in [3.63, 3.8) is 0 Å². The molecule has 0 heterocycles. The SMILES string of the molecule is CCCCCC/C=C\C/C=C\CCCCCCCCCC(=O)OCCCCCCCCCCCCCCCCCCCC/C=C\CCCCCCCCCCCCCCCCCCCC(=O)NC(CO)C(O)CCCCCCCCCCCCCCCC. The Morgan fingerprint density at radius 2 is 0.568 bits per heavy atom. The molecular weight excluding hydrogens is 1080 g/mol. The van der Waals surface area contributed by atoms with Crippen molar-refractivity contribution in [3.8, 4) is 0 Å². The average Bonchev–Trinajstić information content (AvgIpc) is 3.58.